The molecule has 5 aromatic rings. The first kappa shape index (κ1) is 16.2. The molecule has 0 atom stereocenters. The maximum absolute atomic E-state index is 12.4. The van der Waals surface area contributed by atoms with Crippen molar-refractivity contribution in [2.75, 3.05) is 0 Å². The normalized spacial score (nSPS) is 11.6. The summed E-state index contributed by atoms with van der Waals surface area (Å²) in [5.74, 6) is 1.83. The van der Waals surface area contributed by atoms with Crippen LogP contribution in [0.1, 0.15) is 5.82 Å². The Morgan fingerprint density at radius 1 is 1.15 bits per heavy atom. The fourth-order valence-electron chi connectivity index (χ4n) is 2.89. The lowest BCUT2D eigenvalue weighted by Gasteiger charge is -2.04. The van der Waals surface area contributed by atoms with Gasteiger partial charge in [-0.3, -0.25) is 13.8 Å². The average Bonchev–Trinajstić information content (AvgIpc) is 3.43. The van der Waals surface area contributed by atoms with E-state index in [-0.39, 0.29) is 5.56 Å². The highest BCUT2D eigenvalue weighted by atomic mass is 32.2. The summed E-state index contributed by atoms with van der Waals surface area (Å²) in [5.41, 5.74) is 1.74. The Labute approximate surface area is 161 Å². The Bertz CT molecular complexity index is 1320. The maximum Gasteiger partial charge on any atom is 0.272 e. The van der Waals surface area contributed by atoms with Crippen LogP contribution in [0, 0.1) is 0 Å². The van der Waals surface area contributed by atoms with Crippen molar-refractivity contribution in [1.29, 1.82) is 0 Å². The quantitative estimate of drug-likeness (QED) is 0.435. The predicted octanol–water partition coefficient (Wildman–Crippen LogP) is 2.52. The number of benzene rings is 1. The molecule has 0 bridgehead atoms. The van der Waals surface area contributed by atoms with Gasteiger partial charge in [-0.2, -0.15) is 0 Å². The molecule has 0 fully saturated rings. The number of aryl methyl sites for hydroxylation is 1. The van der Waals surface area contributed by atoms with E-state index in [4.69, 9.17) is 0 Å². The van der Waals surface area contributed by atoms with Crippen LogP contribution in [0.3, 0.4) is 0 Å². The van der Waals surface area contributed by atoms with Gasteiger partial charge in [0.2, 0.25) is 10.9 Å². The molecule has 4 aromatic heterocycles. The fraction of sp³-hybridized carbons (Fsp3) is 0.118. The number of para-hydroxylation sites is 1. The van der Waals surface area contributed by atoms with Gasteiger partial charge in [-0.15, -0.1) is 26.6 Å². The molecule has 0 unspecified atom stereocenters. The van der Waals surface area contributed by atoms with Gasteiger partial charge < -0.3 is 0 Å². The van der Waals surface area contributed by atoms with Crippen molar-refractivity contribution in [2.24, 2.45) is 7.05 Å². The summed E-state index contributed by atoms with van der Waals surface area (Å²) in [7, 11) is 1.71. The Morgan fingerprint density at radius 2 is 2.00 bits per heavy atom. The number of aromatic nitrogens is 7. The number of thiophene rings is 1. The highest BCUT2D eigenvalue weighted by Gasteiger charge is 2.16. The second-order valence-electron chi connectivity index (χ2n) is 5.85. The third kappa shape index (κ3) is 2.64. The highest BCUT2D eigenvalue weighted by Crippen LogP contribution is 2.23. The molecule has 0 radical (unpaired) electrons. The standard InChI is InChI=1S/C17H13N7OS2/c1-22-15(25)14-12(7-8-26-14)24-13(19-20-17(22)24)9-27-16-18-10-23(21-16)11-5-3-2-4-6-11/h2-8,10H,9H2,1H3. The Morgan fingerprint density at radius 3 is 2.85 bits per heavy atom. The van der Waals surface area contributed by atoms with Gasteiger partial charge in [-0.1, -0.05) is 30.0 Å². The molecule has 0 saturated carbocycles. The van der Waals surface area contributed by atoms with Crippen LogP contribution in [0.25, 0.3) is 21.7 Å². The molecular weight excluding hydrogens is 382 g/mol. The third-order valence-corrected chi connectivity index (χ3v) is 5.96. The van der Waals surface area contributed by atoms with Crippen LogP contribution < -0.4 is 5.56 Å². The summed E-state index contributed by atoms with van der Waals surface area (Å²) in [6, 6.07) is 11.8. The van der Waals surface area contributed by atoms with Gasteiger partial charge in [0.1, 0.15) is 16.9 Å². The molecular formula is C17H13N7OS2. The van der Waals surface area contributed by atoms with Crippen LogP contribution in [0.4, 0.5) is 0 Å². The van der Waals surface area contributed by atoms with Gasteiger partial charge in [-0.25, -0.2) is 9.67 Å². The van der Waals surface area contributed by atoms with Crippen LogP contribution in [0.5, 0.6) is 0 Å². The van der Waals surface area contributed by atoms with E-state index in [1.807, 2.05) is 46.2 Å². The van der Waals surface area contributed by atoms with Gasteiger partial charge >= 0.3 is 0 Å². The predicted molar refractivity (Wildman–Crippen MR) is 105 cm³/mol. The van der Waals surface area contributed by atoms with Crippen molar-refractivity contribution in [2.45, 2.75) is 10.9 Å². The van der Waals surface area contributed by atoms with E-state index in [0.29, 0.717) is 21.4 Å². The molecule has 0 spiro atoms. The van der Waals surface area contributed by atoms with Crippen LogP contribution >= 0.6 is 23.1 Å². The van der Waals surface area contributed by atoms with E-state index in [1.165, 1.54) is 27.7 Å². The monoisotopic (exact) mass is 395 g/mol. The van der Waals surface area contributed by atoms with Gasteiger partial charge in [0.25, 0.3) is 5.56 Å². The fourth-order valence-corrected chi connectivity index (χ4v) is 4.46. The summed E-state index contributed by atoms with van der Waals surface area (Å²) in [5, 5.41) is 15.5. The van der Waals surface area contributed by atoms with E-state index in [2.05, 4.69) is 20.3 Å². The minimum atomic E-state index is -0.0534. The molecule has 4 heterocycles. The number of hydrogen-bond donors (Lipinski definition) is 0. The number of thioether (sulfide) groups is 1. The first-order valence-corrected chi connectivity index (χ1v) is 9.99. The lowest BCUT2D eigenvalue weighted by Crippen LogP contribution is -2.19. The SMILES string of the molecule is Cn1c(=O)c2sccc2n2c(CSc3ncn(-c4ccccc4)n3)nnc12. The van der Waals surface area contributed by atoms with E-state index < -0.39 is 0 Å². The molecule has 134 valence electrons. The molecule has 27 heavy (non-hydrogen) atoms. The van der Waals surface area contributed by atoms with Crippen LogP contribution in [0.15, 0.2) is 58.1 Å². The lowest BCUT2D eigenvalue weighted by molar-refractivity contribution is 0.833. The van der Waals surface area contributed by atoms with Gasteiger partial charge in [0, 0.05) is 7.05 Å². The van der Waals surface area contributed by atoms with Crippen LogP contribution in [0.2, 0.25) is 0 Å². The minimum Gasteiger partial charge on any atom is -0.279 e. The van der Waals surface area contributed by atoms with Gasteiger partial charge in [0.15, 0.2) is 0 Å². The van der Waals surface area contributed by atoms with Crippen molar-refractivity contribution in [3.05, 3.63) is 64.3 Å². The van der Waals surface area contributed by atoms with Gasteiger partial charge in [0.05, 0.1) is 17.0 Å². The largest absolute Gasteiger partial charge is 0.279 e. The van der Waals surface area contributed by atoms with E-state index in [0.717, 1.165) is 17.0 Å². The first-order chi connectivity index (χ1) is 13.2. The summed E-state index contributed by atoms with van der Waals surface area (Å²) < 4.78 is 5.89. The van der Waals surface area contributed by atoms with Crippen molar-refractivity contribution in [3.8, 4) is 5.69 Å². The van der Waals surface area contributed by atoms with Crippen molar-refractivity contribution in [1.82, 2.24) is 33.9 Å². The molecule has 10 heteroatoms. The summed E-state index contributed by atoms with van der Waals surface area (Å²) >= 11 is 2.91. The summed E-state index contributed by atoms with van der Waals surface area (Å²) in [6.45, 7) is 0. The number of fused-ring (bicyclic) bond motifs is 3. The molecule has 5 rings (SSSR count). The van der Waals surface area contributed by atoms with Crippen molar-refractivity contribution in [3.63, 3.8) is 0 Å². The zero-order chi connectivity index (χ0) is 18.4. The zero-order valence-electron chi connectivity index (χ0n) is 14.2. The molecule has 1 aromatic carbocycles. The van der Waals surface area contributed by atoms with E-state index in [9.17, 15) is 4.79 Å². The zero-order valence-corrected chi connectivity index (χ0v) is 15.8. The number of rotatable bonds is 4. The summed E-state index contributed by atoms with van der Waals surface area (Å²) in [4.78, 5) is 16.8. The molecule has 0 amide bonds. The third-order valence-electron chi connectivity index (χ3n) is 4.22. The second-order valence-corrected chi connectivity index (χ2v) is 7.71. The molecule has 0 aliphatic heterocycles. The van der Waals surface area contributed by atoms with Gasteiger partial charge in [-0.05, 0) is 23.6 Å². The lowest BCUT2D eigenvalue weighted by atomic mass is 10.3. The van der Waals surface area contributed by atoms with E-state index in [1.54, 1.807) is 18.1 Å². The molecule has 8 nitrogen and oxygen atoms in total. The molecule has 0 saturated heterocycles. The molecule has 0 aliphatic rings. The van der Waals surface area contributed by atoms with Crippen LogP contribution in [-0.4, -0.2) is 33.9 Å². The number of hydrogen-bond acceptors (Lipinski definition) is 7. The second kappa shape index (κ2) is 6.32. The first-order valence-electron chi connectivity index (χ1n) is 8.12. The minimum absolute atomic E-state index is 0.0534. The molecule has 0 N–H and O–H groups in total. The Kier molecular flexibility index (Phi) is 3.80. The van der Waals surface area contributed by atoms with Crippen molar-refractivity contribution >= 4 is 39.1 Å². The topological polar surface area (TPSA) is 82.9 Å². The van der Waals surface area contributed by atoms with Crippen LogP contribution in [-0.2, 0) is 12.8 Å². The maximum atomic E-state index is 12.4. The molecule has 0 aliphatic carbocycles. The Balaban J connectivity index is 1.48. The summed E-state index contributed by atoms with van der Waals surface area (Å²) in [6.07, 6.45) is 1.69. The highest BCUT2D eigenvalue weighted by molar-refractivity contribution is 7.98. The van der Waals surface area contributed by atoms with E-state index >= 15 is 0 Å². The number of nitrogens with zero attached hydrogens (tertiary/aromatic N) is 7. The smallest absolute Gasteiger partial charge is 0.272 e. The van der Waals surface area contributed by atoms with Crippen molar-refractivity contribution < 1.29 is 0 Å². The Hall–Kier alpha value is -2.98. The average molecular weight is 395 g/mol.